The SMILES string of the molecule is CCC.COC1CCCCC1.COc1ccc(-n2nc(CO)cc2-c2ccc(C)cc2)cc1.O=CO. The molecule has 0 amide bonds. The van der Waals surface area contributed by atoms with E-state index in [9.17, 15) is 5.11 Å². The van der Waals surface area contributed by atoms with Gasteiger partial charge < -0.3 is 19.7 Å². The van der Waals surface area contributed by atoms with Crippen LogP contribution in [0.4, 0.5) is 0 Å². The van der Waals surface area contributed by atoms with E-state index in [0.29, 0.717) is 11.8 Å². The number of aryl methyl sites for hydroxylation is 1. The Morgan fingerprint density at radius 2 is 1.56 bits per heavy atom. The predicted octanol–water partition coefficient (Wildman–Crippen LogP) is 6.43. The third-order valence-electron chi connectivity index (χ3n) is 5.47. The number of carbonyl (C=O) groups is 1. The van der Waals surface area contributed by atoms with Crippen LogP contribution < -0.4 is 4.74 Å². The van der Waals surface area contributed by atoms with Gasteiger partial charge in [0.05, 0.1) is 36.9 Å². The second-order valence-electron chi connectivity index (χ2n) is 8.46. The Hall–Kier alpha value is -3.16. The first-order valence-corrected chi connectivity index (χ1v) is 12.5. The number of ether oxygens (including phenoxy) is 2. The highest BCUT2D eigenvalue weighted by molar-refractivity contribution is 5.63. The predicted molar refractivity (Wildman–Crippen MR) is 145 cm³/mol. The minimum absolute atomic E-state index is 0.0813. The standard InChI is InChI=1S/C18H18N2O2.C7H14O.C3H8.CH2O2/c1-13-3-5-14(6-4-13)18-11-15(12-21)19-20(18)16-7-9-17(22-2)10-8-16;1-8-7-5-3-2-4-6-7;1-3-2;2-1-3/h3-11,21H,12H2,1-2H3;7H,2-6H2,1H3;3H2,1-2H3;1H,(H,2,3). The summed E-state index contributed by atoms with van der Waals surface area (Å²) in [6.45, 7) is 5.98. The Morgan fingerprint density at radius 3 is 2.00 bits per heavy atom. The number of rotatable bonds is 5. The van der Waals surface area contributed by atoms with E-state index in [-0.39, 0.29) is 13.1 Å². The van der Waals surface area contributed by atoms with Gasteiger partial charge in [0, 0.05) is 12.7 Å². The summed E-state index contributed by atoms with van der Waals surface area (Å²) < 4.78 is 12.2. The van der Waals surface area contributed by atoms with Gasteiger partial charge in [-0.2, -0.15) is 5.10 Å². The van der Waals surface area contributed by atoms with Crippen LogP contribution in [0.25, 0.3) is 16.9 Å². The van der Waals surface area contributed by atoms with E-state index in [4.69, 9.17) is 19.4 Å². The molecule has 36 heavy (non-hydrogen) atoms. The van der Waals surface area contributed by atoms with Crippen LogP contribution in [0.3, 0.4) is 0 Å². The van der Waals surface area contributed by atoms with Crippen LogP contribution in [0.15, 0.2) is 54.6 Å². The zero-order valence-corrected chi connectivity index (χ0v) is 22.3. The van der Waals surface area contributed by atoms with Gasteiger partial charge in [-0.3, -0.25) is 4.79 Å². The van der Waals surface area contributed by atoms with E-state index in [1.807, 2.05) is 42.1 Å². The summed E-state index contributed by atoms with van der Waals surface area (Å²) in [5, 5.41) is 20.8. The van der Waals surface area contributed by atoms with E-state index >= 15 is 0 Å². The summed E-state index contributed by atoms with van der Waals surface area (Å²) >= 11 is 0. The molecule has 1 saturated carbocycles. The van der Waals surface area contributed by atoms with Crippen LogP contribution in [-0.2, 0) is 16.1 Å². The molecule has 1 heterocycles. The first kappa shape index (κ1) is 30.9. The topological polar surface area (TPSA) is 93.8 Å². The summed E-state index contributed by atoms with van der Waals surface area (Å²) in [7, 11) is 3.46. The van der Waals surface area contributed by atoms with Gasteiger partial charge >= 0.3 is 0 Å². The number of benzene rings is 2. The van der Waals surface area contributed by atoms with Gasteiger partial charge in [0.1, 0.15) is 5.75 Å². The number of aliphatic hydroxyl groups excluding tert-OH is 1. The summed E-state index contributed by atoms with van der Waals surface area (Å²) in [5.74, 6) is 0.801. The maximum absolute atomic E-state index is 9.40. The quantitative estimate of drug-likeness (QED) is 0.394. The van der Waals surface area contributed by atoms with E-state index < -0.39 is 0 Å². The van der Waals surface area contributed by atoms with Gasteiger partial charge in [-0.25, -0.2) is 4.68 Å². The maximum atomic E-state index is 9.40. The molecule has 0 aliphatic heterocycles. The lowest BCUT2D eigenvalue weighted by molar-refractivity contribution is -0.122. The van der Waals surface area contributed by atoms with Crippen LogP contribution in [0, 0.1) is 6.92 Å². The van der Waals surface area contributed by atoms with E-state index in [0.717, 1.165) is 22.7 Å². The number of aromatic nitrogens is 2. The third kappa shape index (κ3) is 10.6. The van der Waals surface area contributed by atoms with Gasteiger partial charge in [0.25, 0.3) is 6.47 Å². The number of hydrogen-bond donors (Lipinski definition) is 2. The zero-order chi connectivity index (χ0) is 26.8. The minimum Gasteiger partial charge on any atom is -0.497 e. The second kappa shape index (κ2) is 18.2. The Labute approximate surface area is 215 Å². The highest BCUT2D eigenvalue weighted by atomic mass is 16.5. The summed E-state index contributed by atoms with van der Waals surface area (Å²) in [6, 6.07) is 17.9. The van der Waals surface area contributed by atoms with Gasteiger partial charge in [0.15, 0.2) is 0 Å². The molecular formula is C29H42N2O5. The van der Waals surface area contributed by atoms with Crippen LogP contribution in [0.2, 0.25) is 0 Å². The fourth-order valence-electron chi connectivity index (χ4n) is 3.66. The van der Waals surface area contributed by atoms with E-state index in [1.165, 1.54) is 44.1 Å². The average molecular weight is 499 g/mol. The number of nitrogens with zero attached hydrogens (tertiary/aromatic N) is 2. The molecule has 0 atom stereocenters. The molecule has 0 unspecified atom stereocenters. The molecule has 1 aromatic heterocycles. The van der Waals surface area contributed by atoms with Crippen molar-refractivity contribution in [1.82, 2.24) is 9.78 Å². The molecule has 1 fully saturated rings. The highest BCUT2D eigenvalue weighted by Gasteiger charge is 2.12. The Balaban J connectivity index is 0.000000382. The lowest BCUT2D eigenvalue weighted by Crippen LogP contribution is -2.13. The van der Waals surface area contributed by atoms with Crippen molar-refractivity contribution in [2.75, 3.05) is 14.2 Å². The molecule has 0 radical (unpaired) electrons. The molecule has 3 aromatic rings. The van der Waals surface area contributed by atoms with Crippen LogP contribution in [0.5, 0.6) is 5.75 Å². The van der Waals surface area contributed by atoms with Gasteiger partial charge in [-0.1, -0.05) is 69.4 Å². The van der Waals surface area contributed by atoms with Crippen molar-refractivity contribution < 1.29 is 24.5 Å². The molecule has 2 aromatic carbocycles. The van der Waals surface area contributed by atoms with Crippen molar-refractivity contribution in [3.8, 4) is 22.7 Å². The molecule has 1 aliphatic rings. The lowest BCUT2D eigenvalue weighted by Gasteiger charge is -2.19. The number of methoxy groups -OCH3 is 2. The minimum atomic E-state index is -0.250. The molecule has 4 rings (SSSR count). The first-order chi connectivity index (χ1) is 17.5. The smallest absolute Gasteiger partial charge is 0.290 e. The normalized spacial score (nSPS) is 12.6. The molecule has 7 heteroatoms. The number of hydrogen-bond acceptors (Lipinski definition) is 5. The summed E-state index contributed by atoms with van der Waals surface area (Å²) in [5.41, 5.74) is 4.80. The van der Waals surface area contributed by atoms with E-state index in [2.05, 4.69) is 50.1 Å². The number of carboxylic acid groups (broad SMARTS) is 1. The monoisotopic (exact) mass is 498 g/mol. The molecular weight excluding hydrogens is 456 g/mol. The van der Waals surface area contributed by atoms with E-state index in [1.54, 1.807) is 7.11 Å². The van der Waals surface area contributed by atoms with Crippen molar-refractivity contribution in [3.63, 3.8) is 0 Å². The van der Waals surface area contributed by atoms with Crippen molar-refractivity contribution >= 4 is 6.47 Å². The van der Waals surface area contributed by atoms with Crippen LogP contribution in [-0.4, -0.2) is 46.8 Å². The highest BCUT2D eigenvalue weighted by Crippen LogP contribution is 2.25. The third-order valence-corrected chi connectivity index (χ3v) is 5.47. The number of aliphatic hydroxyl groups is 1. The van der Waals surface area contributed by atoms with Gasteiger partial charge in [-0.05, 0) is 50.1 Å². The second-order valence-corrected chi connectivity index (χ2v) is 8.46. The lowest BCUT2D eigenvalue weighted by atomic mass is 9.98. The van der Waals surface area contributed by atoms with Crippen molar-refractivity contribution in [2.45, 2.75) is 72.0 Å². The Kier molecular flexibility index (Phi) is 15.6. The molecule has 0 bridgehead atoms. The first-order valence-electron chi connectivity index (χ1n) is 12.5. The molecule has 198 valence electrons. The fraction of sp³-hybridized carbons (Fsp3) is 0.448. The Bertz CT molecular complexity index is 962. The largest absolute Gasteiger partial charge is 0.497 e. The molecule has 1 aliphatic carbocycles. The van der Waals surface area contributed by atoms with Crippen molar-refractivity contribution in [2.24, 2.45) is 0 Å². The van der Waals surface area contributed by atoms with Gasteiger partial charge in [-0.15, -0.1) is 0 Å². The molecule has 0 saturated heterocycles. The van der Waals surface area contributed by atoms with Gasteiger partial charge in [0.2, 0.25) is 0 Å². The summed E-state index contributed by atoms with van der Waals surface area (Å²) in [6.07, 6.45) is 8.58. The fourth-order valence-corrected chi connectivity index (χ4v) is 3.66. The van der Waals surface area contributed by atoms with Crippen LogP contribution in [0.1, 0.15) is 63.6 Å². The molecule has 0 spiro atoms. The zero-order valence-electron chi connectivity index (χ0n) is 22.3. The molecule has 7 nitrogen and oxygen atoms in total. The van der Waals surface area contributed by atoms with Crippen molar-refractivity contribution in [3.05, 3.63) is 65.9 Å². The average Bonchev–Trinajstić information content (AvgIpc) is 3.35. The van der Waals surface area contributed by atoms with Crippen LogP contribution >= 0.6 is 0 Å². The summed E-state index contributed by atoms with van der Waals surface area (Å²) in [4.78, 5) is 8.36. The Morgan fingerprint density at radius 1 is 1.00 bits per heavy atom. The molecule has 2 N–H and O–H groups in total. The maximum Gasteiger partial charge on any atom is 0.290 e. The van der Waals surface area contributed by atoms with Crippen molar-refractivity contribution in [1.29, 1.82) is 0 Å².